The fourth-order valence-electron chi connectivity index (χ4n) is 3.63. The first-order valence-electron chi connectivity index (χ1n) is 10.3. The largest absolute Gasteiger partial charge is 0.436 e. The number of aromatic nitrogens is 2. The second-order valence-electron chi connectivity index (χ2n) is 7.39. The van der Waals surface area contributed by atoms with Crippen LogP contribution in [-0.4, -0.2) is 27.8 Å². The fourth-order valence-corrected chi connectivity index (χ4v) is 3.76. The molecule has 0 atom stereocenters. The number of imide groups is 2. The van der Waals surface area contributed by atoms with Crippen molar-refractivity contribution >= 4 is 52.0 Å². The van der Waals surface area contributed by atoms with Crippen LogP contribution in [0.1, 0.15) is 5.56 Å². The van der Waals surface area contributed by atoms with Gasteiger partial charge in [-0.3, -0.25) is 14.9 Å². The monoisotopic (exact) mass is 488 g/mol. The van der Waals surface area contributed by atoms with E-state index >= 15 is 0 Å². The van der Waals surface area contributed by atoms with Gasteiger partial charge in [0, 0.05) is 5.56 Å². The number of fused-ring (bicyclic) bond motifs is 1. The molecule has 1 saturated heterocycles. The molecule has 35 heavy (non-hydrogen) atoms. The number of barbiturate groups is 1. The molecular formula is C25H14ClFN4O4. The number of amides is 4. The number of carbonyl (C=O) groups excluding carboxylic acids is 3. The molecule has 1 N–H and O–H groups in total. The minimum absolute atomic E-state index is 0.105. The van der Waals surface area contributed by atoms with Crippen LogP contribution in [0, 0.1) is 5.82 Å². The molecule has 0 aliphatic carbocycles. The van der Waals surface area contributed by atoms with Crippen LogP contribution < -0.4 is 15.0 Å². The summed E-state index contributed by atoms with van der Waals surface area (Å²) in [6.45, 7) is 0. The number of rotatable bonds is 4. The van der Waals surface area contributed by atoms with Crippen LogP contribution in [0.4, 0.5) is 14.9 Å². The van der Waals surface area contributed by atoms with Crippen LogP contribution in [0.2, 0.25) is 5.28 Å². The standard InChI is InChI=1S/C25H14ClFN4O4/c26-24-28-13-19(27)22(30-24)35-20-11-10-14-6-4-5-9-16(14)17(20)12-18-21(32)29-25(34)31(23(18)33)15-7-2-1-3-8-15/h1-13H,(H,29,32,34)/b18-12+. The van der Waals surface area contributed by atoms with E-state index in [9.17, 15) is 18.8 Å². The van der Waals surface area contributed by atoms with Gasteiger partial charge in [0.1, 0.15) is 11.3 Å². The van der Waals surface area contributed by atoms with Crippen LogP contribution in [0.5, 0.6) is 11.6 Å². The summed E-state index contributed by atoms with van der Waals surface area (Å²) in [6, 6.07) is 17.8. The van der Waals surface area contributed by atoms with E-state index in [1.807, 2.05) is 12.1 Å². The van der Waals surface area contributed by atoms with Gasteiger partial charge in [0.05, 0.1) is 11.9 Å². The second kappa shape index (κ2) is 8.96. The summed E-state index contributed by atoms with van der Waals surface area (Å²) in [7, 11) is 0. The highest BCUT2D eigenvalue weighted by molar-refractivity contribution is 6.39. The van der Waals surface area contributed by atoms with E-state index in [-0.39, 0.29) is 16.6 Å². The quantitative estimate of drug-likeness (QED) is 0.249. The smallest absolute Gasteiger partial charge is 0.335 e. The van der Waals surface area contributed by atoms with Gasteiger partial charge in [-0.25, -0.2) is 14.7 Å². The van der Waals surface area contributed by atoms with Crippen LogP contribution >= 0.6 is 11.6 Å². The molecule has 1 aliphatic heterocycles. The topological polar surface area (TPSA) is 101 Å². The maximum Gasteiger partial charge on any atom is 0.335 e. The number of benzene rings is 3. The Hall–Kier alpha value is -4.63. The van der Waals surface area contributed by atoms with E-state index < -0.39 is 29.5 Å². The first-order chi connectivity index (χ1) is 16.9. The molecule has 4 amide bonds. The number of carbonyl (C=O) groups is 3. The molecule has 1 aromatic heterocycles. The maximum absolute atomic E-state index is 14.3. The summed E-state index contributed by atoms with van der Waals surface area (Å²) >= 11 is 5.78. The van der Waals surface area contributed by atoms with Crippen molar-refractivity contribution in [1.82, 2.24) is 15.3 Å². The van der Waals surface area contributed by atoms with E-state index in [2.05, 4.69) is 15.3 Å². The minimum atomic E-state index is -0.873. The van der Waals surface area contributed by atoms with Gasteiger partial charge in [0.25, 0.3) is 17.7 Å². The van der Waals surface area contributed by atoms with E-state index in [0.717, 1.165) is 16.5 Å². The lowest BCUT2D eigenvalue weighted by Crippen LogP contribution is -2.54. The average Bonchev–Trinajstić information content (AvgIpc) is 2.85. The van der Waals surface area contributed by atoms with Crippen LogP contribution in [0.15, 0.2) is 78.5 Å². The zero-order chi connectivity index (χ0) is 24.5. The first kappa shape index (κ1) is 22.2. The van der Waals surface area contributed by atoms with Gasteiger partial charge in [-0.1, -0.05) is 48.5 Å². The normalized spacial score (nSPS) is 15.0. The molecule has 1 fully saturated rings. The Morgan fingerprint density at radius 1 is 0.971 bits per heavy atom. The third-order valence-electron chi connectivity index (χ3n) is 5.22. The van der Waals surface area contributed by atoms with Crippen molar-refractivity contribution in [2.24, 2.45) is 0 Å². The molecule has 0 saturated carbocycles. The fraction of sp³-hybridized carbons (Fsp3) is 0. The Kier molecular flexibility index (Phi) is 5.68. The predicted molar refractivity (Wildman–Crippen MR) is 126 cm³/mol. The lowest BCUT2D eigenvalue weighted by molar-refractivity contribution is -0.122. The van der Waals surface area contributed by atoms with Crippen molar-refractivity contribution in [3.8, 4) is 11.6 Å². The Morgan fingerprint density at radius 3 is 2.51 bits per heavy atom. The van der Waals surface area contributed by atoms with Crippen molar-refractivity contribution in [2.75, 3.05) is 4.90 Å². The number of ether oxygens (including phenoxy) is 1. The van der Waals surface area contributed by atoms with Crippen molar-refractivity contribution in [3.05, 3.63) is 95.2 Å². The molecule has 0 radical (unpaired) electrons. The highest BCUT2D eigenvalue weighted by Crippen LogP contribution is 2.34. The Morgan fingerprint density at radius 2 is 1.71 bits per heavy atom. The molecule has 3 aromatic carbocycles. The number of nitrogens with zero attached hydrogens (tertiary/aromatic N) is 3. The van der Waals surface area contributed by atoms with E-state index in [0.29, 0.717) is 16.6 Å². The molecular weight excluding hydrogens is 475 g/mol. The third-order valence-corrected chi connectivity index (χ3v) is 5.41. The van der Waals surface area contributed by atoms with Crippen molar-refractivity contribution in [1.29, 1.82) is 0 Å². The van der Waals surface area contributed by atoms with Gasteiger partial charge < -0.3 is 4.74 Å². The second-order valence-corrected chi connectivity index (χ2v) is 7.72. The van der Waals surface area contributed by atoms with Gasteiger partial charge >= 0.3 is 6.03 Å². The number of halogens is 2. The van der Waals surface area contributed by atoms with E-state index in [4.69, 9.17) is 16.3 Å². The SMILES string of the molecule is O=C1NC(=O)N(c2ccccc2)C(=O)/C1=C/c1c(Oc2nc(Cl)ncc2F)ccc2ccccc12. The highest BCUT2D eigenvalue weighted by atomic mass is 35.5. The Bertz CT molecular complexity index is 1540. The molecule has 5 rings (SSSR count). The van der Waals surface area contributed by atoms with Gasteiger partial charge in [-0.2, -0.15) is 9.37 Å². The van der Waals surface area contributed by atoms with Gasteiger partial charge in [-0.15, -0.1) is 0 Å². The maximum atomic E-state index is 14.3. The van der Waals surface area contributed by atoms with Gasteiger partial charge in [0.2, 0.25) is 11.1 Å². The molecule has 0 unspecified atom stereocenters. The molecule has 4 aromatic rings. The predicted octanol–water partition coefficient (Wildman–Crippen LogP) is 4.88. The third kappa shape index (κ3) is 4.20. The molecule has 10 heteroatoms. The Balaban J connectivity index is 1.66. The zero-order valence-corrected chi connectivity index (χ0v) is 18.5. The minimum Gasteiger partial charge on any atom is -0.436 e. The first-order valence-corrected chi connectivity index (χ1v) is 10.6. The summed E-state index contributed by atoms with van der Waals surface area (Å²) in [5.74, 6) is -2.87. The molecule has 172 valence electrons. The lowest BCUT2D eigenvalue weighted by atomic mass is 9.99. The van der Waals surface area contributed by atoms with Crippen molar-refractivity contribution < 1.29 is 23.5 Å². The van der Waals surface area contributed by atoms with Crippen molar-refractivity contribution in [3.63, 3.8) is 0 Å². The summed E-state index contributed by atoms with van der Waals surface area (Å²) in [4.78, 5) is 46.7. The summed E-state index contributed by atoms with van der Waals surface area (Å²) in [6.07, 6.45) is 2.17. The molecule has 8 nitrogen and oxygen atoms in total. The molecule has 2 heterocycles. The van der Waals surface area contributed by atoms with Gasteiger partial charge in [-0.05, 0) is 46.6 Å². The van der Waals surface area contributed by atoms with Crippen molar-refractivity contribution in [2.45, 2.75) is 0 Å². The summed E-state index contributed by atoms with van der Waals surface area (Å²) < 4.78 is 20.0. The number of hydrogen-bond donors (Lipinski definition) is 1. The van der Waals surface area contributed by atoms with Crippen LogP contribution in [-0.2, 0) is 9.59 Å². The summed E-state index contributed by atoms with van der Waals surface area (Å²) in [5, 5.41) is 3.34. The van der Waals surface area contributed by atoms with Gasteiger partial charge in [0.15, 0.2) is 0 Å². The molecule has 1 aliphatic rings. The average molecular weight is 489 g/mol. The molecule has 0 bridgehead atoms. The number of para-hydroxylation sites is 1. The number of hydrogen-bond acceptors (Lipinski definition) is 6. The molecule has 0 spiro atoms. The summed E-state index contributed by atoms with van der Waals surface area (Å²) in [5.41, 5.74) is 0.287. The number of anilines is 1. The highest BCUT2D eigenvalue weighted by Gasteiger charge is 2.37. The Labute approximate surface area is 202 Å². The lowest BCUT2D eigenvalue weighted by Gasteiger charge is -2.26. The van der Waals surface area contributed by atoms with Crippen LogP contribution in [0.3, 0.4) is 0 Å². The van der Waals surface area contributed by atoms with E-state index in [1.54, 1.807) is 54.6 Å². The van der Waals surface area contributed by atoms with Crippen LogP contribution in [0.25, 0.3) is 16.8 Å². The number of urea groups is 1. The van der Waals surface area contributed by atoms with E-state index in [1.165, 1.54) is 6.08 Å². The number of nitrogens with one attached hydrogen (secondary N) is 1. The zero-order valence-electron chi connectivity index (χ0n) is 17.7.